The quantitative estimate of drug-likeness (QED) is 0.832. The summed E-state index contributed by atoms with van der Waals surface area (Å²) in [7, 11) is 0. The molecule has 2 heterocycles. The number of carbonyl (C=O) groups is 2. The van der Waals surface area contributed by atoms with Crippen molar-refractivity contribution in [2.45, 2.75) is 19.4 Å². The lowest BCUT2D eigenvalue weighted by Crippen LogP contribution is -2.41. The second-order valence-corrected chi connectivity index (χ2v) is 6.03. The van der Waals surface area contributed by atoms with Crippen LogP contribution in [-0.2, 0) is 10.3 Å². The van der Waals surface area contributed by atoms with Crippen LogP contribution in [0.2, 0.25) is 0 Å². The summed E-state index contributed by atoms with van der Waals surface area (Å²) in [6, 6.07) is 9.28. The van der Waals surface area contributed by atoms with E-state index in [0.717, 1.165) is 15.4 Å². The molecule has 1 saturated heterocycles. The number of rotatable bonds is 2. The number of carbonyl (C=O) groups excluding carboxylic acids is 2. The maximum absolute atomic E-state index is 12.0. The highest BCUT2D eigenvalue weighted by atomic mass is 32.1. The van der Waals surface area contributed by atoms with Crippen LogP contribution in [-0.4, -0.2) is 16.9 Å². The van der Waals surface area contributed by atoms with E-state index >= 15 is 0 Å². The molecule has 1 aromatic heterocycles. The Morgan fingerprint density at radius 2 is 1.90 bits per heavy atom. The molecule has 1 aromatic carbocycles. The fourth-order valence-corrected chi connectivity index (χ4v) is 3.30. The van der Waals surface area contributed by atoms with Crippen molar-refractivity contribution >= 4 is 23.3 Å². The van der Waals surface area contributed by atoms with Crippen molar-refractivity contribution in [3.8, 4) is 10.6 Å². The number of hydrogen-bond donors (Lipinski definition) is 2. The molecule has 6 heteroatoms. The number of urea groups is 1. The van der Waals surface area contributed by atoms with Gasteiger partial charge in [0.15, 0.2) is 5.54 Å². The molecule has 5 nitrogen and oxygen atoms in total. The molecule has 20 heavy (non-hydrogen) atoms. The number of imide groups is 1. The smallest absolute Gasteiger partial charge is 0.318 e. The summed E-state index contributed by atoms with van der Waals surface area (Å²) in [5, 5.41) is 5.75. The van der Waals surface area contributed by atoms with Gasteiger partial charge in [-0.25, -0.2) is 9.78 Å². The Kier molecular flexibility index (Phi) is 2.83. The highest BCUT2D eigenvalue weighted by Crippen LogP contribution is 2.34. The van der Waals surface area contributed by atoms with Gasteiger partial charge in [-0.1, -0.05) is 30.3 Å². The molecule has 1 atom stereocenters. The Hall–Kier alpha value is -2.21. The largest absolute Gasteiger partial charge is 0.322 e. The zero-order valence-electron chi connectivity index (χ0n) is 11.1. The highest BCUT2D eigenvalue weighted by Gasteiger charge is 2.46. The number of nitrogens with zero attached hydrogens (tertiary/aromatic N) is 1. The van der Waals surface area contributed by atoms with Crippen LogP contribution in [0.5, 0.6) is 0 Å². The number of amides is 3. The zero-order valence-corrected chi connectivity index (χ0v) is 11.9. The summed E-state index contributed by atoms with van der Waals surface area (Å²) in [5.74, 6) is -0.365. The summed E-state index contributed by atoms with van der Waals surface area (Å²) in [6.07, 6.45) is 0. The Morgan fingerprint density at radius 1 is 1.20 bits per heavy atom. The summed E-state index contributed by atoms with van der Waals surface area (Å²) in [5.41, 5.74) is 0.509. The second kappa shape index (κ2) is 4.42. The minimum atomic E-state index is -1.09. The first-order valence-electron chi connectivity index (χ1n) is 6.17. The molecule has 1 fully saturated rings. The van der Waals surface area contributed by atoms with Gasteiger partial charge in [-0.2, -0.15) is 0 Å². The standard InChI is InChI=1S/C14H13N3O2S/c1-8-10(14(2)12(18)16-13(19)17-14)15-11(20-8)9-6-4-3-5-7-9/h3-7H,1-2H3,(H2,16,17,18,19). The van der Waals surface area contributed by atoms with Gasteiger partial charge in [-0.3, -0.25) is 10.1 Å². The third-order valence-electron chi connectivity index (χ3n) is 3.34. The van der Waals surface area contributed by atoms with Gasteiger partial charge in [0.2, 0.25) is 0 Å². The Bertz CT molecular complexity index is 696. The van der Waals surface area contributed by atoms with Gasteiger partial charge < -0.3 is 5.32 Å². The molecule has 102 valence electrons. The van der Waals surface area contributed by atoms with Crippen LogP contribution < -0.4 is 10.6 Å². The van der Waals surface area contributed by atoms with E-state index < -0.39 is 11.6 Å². The van der Waals surface area contributed by atoms with E-state index in [9.17, 15) is 9.59 Å². The molecule has 2 N–H and O–H groups in total. The summed E-state index contributed by atoms with van der Waals surface area (Å²) in [6.45, 7) is 3.58. The average Bonchev–Trinajstić information content (AvgIpc) is 2.92. The molecular formula is C14H13N3O2S. The lowest BCUT2D eigenvalue weighted by molar-refractivity contribution is -0.123. The van der Waals surface area contributed by atoms with E-state index in [1.165, 1.54) is 11.3 Å². The van der Waals surface area contributed by atoms with E-state index in [-0.39, 0.29) is 5.91 Å². The maximum atomic E-state index is 12.0. The predicted molar refractivity (Wildman–Crippen MR) is 76.3 cm³/mol. The molecule has 0 aliphatic carbocycles. The summed E-state index contributed by atoms with van der Waals surface area (Å²) in [4.78, 5) is 28.8. The molecule has 0 radical (unpaired) electrons. The van der Waals surface area contributed by atoms with Crippen molar-refractivity contribution in [2.75, 3.05) is 0 Å². The number of aromatic nitrogens is 1. The zero-order chi connectivity index (χ0) is 14.3. The van der Waals surface area contributed by atoms with Gasteiger partial charge in [-0.15, -0.1) is 11.3 Å². The van der Waals surface area contributed by atoms with Crippen molar-refractivity contribution in [1.82, 2.24) is 15.6 Å². The van der Waals surface area contributed by atoms with E-state index in [1.54, 1.807) is 6.92 Å². The lowest BCUT2D eigenvalue weighted by Gasteiger charge is -2.18. The highest BCUT2D eigenvalue weighted by molar-refractivity contribution is 7.15. The van der Waals surface area contributed by atoms with E-state index in [1.807, 2.05) is 37.3 Å². The maximum Gasteiger partial charge on any atom is 0.322 e. The van der Waals surface area contributed by atoms with Crippen LogP contribution in [0.1, 0.15) is 17.5 Å². The van der Waals surface area contributed by atoms with Crippen molar-refractivity contribution in [1.29, 1.82) is 0 Å². The minimum absolute atomic E-state index is 0.365. The van der Waals surface area contributed by atoms with Gasteiger partial charge in [0.25, 0.3) is 5.91 Å². The molecule has 2 aromatic rings. The van der Waals surface area contributed by atoms with Crippen molar-refractivity contribution < 1.29 is 9.59 Å². The van der Waals surface area contributed by atoms with Crippen molar-refractivity contribution in [3.05, 3.63) is 40.9 Å². The van der Waals surface area contributed by atoms with Gasteiger partial charge >= 0.3 is 6.03 Å². The Balaban J connectivity index is 2.06. The molecule has 0 bridgehead atoms. The minimum Gasteiger partial charge on any atom is -0.318 e. The fraction of sp³-hybridized carbons (Fsp3) is 0.214. The van der Waals surface area contributed by atoms with Crippen molar-refractivity contribution in [2.24, 2.45) is 0 Å². The van der Waals surface area contributed by atoms with Gasteiger partial charge in [0.1, 0.15) is 5.01 Å². The van der Waals surface area contributed by atoms with E-state index in [2.05, 4.69) is 15.6 Å². The molecule has 0 spiro atoms. The Labute approximate surface area is 120 Å². The third-order valence-corrected chi connectivity index (χ3v) is 4.36. The first kappa shape index (κ1) is 12.8. The number of nitrogens with one attached hydrogen (secondary N) is 2. The average molecular weight is 287 g/mol. The molecular weight excluding hydrogens is 274 g/mol. The Morgan fingerprint density at radius 3 is 2.50 bits per heavy atom. The number of aryl methyl sites for hydroxylation is 1. The van der Waals surface area contributed by atoms with Gasteiger partial charge in [0.05, 0.1) is 5.69 Å². The number of hydrogen-bond acceptors (Lipinski definition) is 4. The van der Waals surface area contributed by atoms with Gasteiger partial charge in [0, 0.05) is 10.4 Å². The topological polar surface area (TPSA) is 71.1 Å². The van der Waals surface area contributed by atoms with Crippen LogP contribution in [0.3, 0.4) is 0 Å². The van der Waals surface area contributed by atoms with Crippen LogP contribution in [0.15, 0.2) is 30.3 Å². The van der Waals surface area contributed by atoms with Crippen LogP contribution in [0.25, 0.3) is 10.6 Å². The second-order valence-electron chi connectivity index (χ2n) is 4.82. The molecule has 1 aliphatic rings. The molecule has 1 unspecified atom stereocenters. The van der Waals surface area contributed by atoms with E-state index in [4.69, 9.17) is 0 Å². The predicted octanol–water partition coefficient (Wildman–Crippen LogP) is 2.17. The van der Waals surface area contributed by atoms with Crippen molar-refractivity contribution in [3.63, 3.8) is 0 Å². The normalized spacial score (nSPS) is 21.7. The number of benzene rings is 1. The first-order valence-corrected chi connectivity index (χ1v) is 6.99. The first-order chi connectivity index (χ1) is 9.50. The monoisotopic (exact) mass is 287 g/mol. The SMILES string of the molecule is Cc1sc(-c2ccccc2)nc1C1(C)NC(=O)NC1=O. The summed E-state index contributed by atoms with van der Waals surface area (Å²) >= 11 is 1.51. The number of thiazole rings is 1. The lowest BCUT2D eigenvalue weighted by atomic mass is 9.97. The molecule has 1 aliphatic heterocycles. The molecule has 3 amide bonds. The van der Waals surface area contributed by atoms with Crippen LogP contribution in [0, 0.1) is 6.92 Å². The van der Waals surface area contributed by atoms with Crippen LogP contribution >= 0.6 is 11.3 Å². The van der Waals surface area contributed by atoms with E-state index in [0.29, 0.717) is 5.69 Å². The third kappa shape index (κ3) is 1.89. The molecule has 3 rings (SSSR count). The van der Waals surface area contributed by atoms with Gasteiger partial charge in [-0.05, 0) is 13.8 Å². The molecule has 0 saturated carbocycles. The fourth-order valence-electron chi connectivity index (χ4n) is 2.27. The summed E-state index contributed by atoms with van der Waals surface area (Å²) < 4.78 is 0. The van der Waals surface area contributed by atoms with Crippen LogP contribution in [0.4, 0.5) is 4.79 Å².